The second-order valence-electron chi connectivity index (χ2n) is 4.92. The number of nitrogens with one attached hydrogen (secondary N) is 1. The summed E-state index contributed by atoms with van der Waals surface area (Å²) in [5, 5.41) is 2.77. The zero-order chi connectivity index (χ0) is 15.1. The quantitative estimate of drug-likeness (QED) is 0.834. The average Bonchev–Trinajstić information content (AvgIpc) is 2.98. The Morgan fingerprint density at radius 3 is 3.10 bits per heavy atom. The molecule has 0 radical (unpaired) electrons. The Balaban J connectivity index is 1.95. The number of halogens is 1. The number of amides is 1. The van der Waals surface area contributed by atoms with E-state index in [0.29, 0.717) is 24.1 Å². The number of ether oxygens (including phenoxy) is 1. The molecular weight excluding hydrogens is 271 g/mol. The first-order valence-electron chi connectivity index (χ1n) is 7.09. The van der Waals surface area contributed by atoms with Crippen molar-refractivity contribution in [3.05, 3.63) is 29.6 Å². The number of benzene rings is 1. The van der Waals surface area contributed by atoms with Gasteiger partial charge in [0.2, 0.25) is 5.91 Å². The van der Waals surface area contributed by atoms with E-state index in [9.17, 15) is 9.18 Å². The minimum absolute atomic E-state index is 0.118. The number of rotatable bonds is 4. The summed E-state index contributed by atoms with van der Waals surface area (Å²) in [5.74, 6) is 4.91. The number of carbonyl (C=O) groups excluding carboxylic acids is 1. The summed E-state index contributed by atoms with van der Waals surface area (Å²) >= 11 is 0. The maximum Gasteiger partial charge on any atom is 0.224 e. The van der Waals surface area contributed by atoms with Gasteiger partial charge in [-0.1, -0.05) is 11.8 Å². The van der Waals surface area contributed by atoms with Gasteiger partial charge in [0.25, 0.3) is 0 Å². The van der Waals surface area contributed by atoms with Crippen molar-refractivity contribution in [1.82, 2.24) is 0 Å². The Bertz CT molecular complexity index is 557. The lowest BCUT2D eigenvalue weighted by Crippen LogP contribution is -2.16. The molecule has 0 bridgehead atoms. The Kier molecular flexibility index (Phi) is 5.73. The lowest BCUT2D eigenvalue weighted by molar-refractivity contribution is -0.116. The first-order valence-corrected chi connectivity index (χ1v) is 7.09. The number of hydrogen-bond acceptors (Lipinski definition) is 3. The summed E-state index contributed by atoms with van der Waals surface area (Å²) in [4.78, 5) is 11.9. The van der Waals surface area contributed by atoms with Crippen molar-refractivity contribution in [2.24, 2.45) is 5.73 Å². The molecule has 2 rings (SSSR count). The van der Waals surface area contributed by atoms with Crippen LogP contribution in [0.4, 0.5) is 10.1 Å². The van der Waals surface area contributed by atoms with Crippen molar-refractivity contribution in [3.8, 4) is 11.8 Å². The summed E-state index contributed by atoms with van der Waals surface area (Å²) in [6.45, 7) is 0.964. The molecule has 1 heterocycles. The third-order valence-electron chi connectivity index (χ3n) is 3.30. The van der Waals surface area contributed by atoms with E-state index in [1.54, 1.807) is 0 Å². The molecule has 0 aromatic heterocycles. The minimum Gasteiger partial charge on any atom is -0.378 e. The first kappa shape index (κ1) is 15.5. The molecule has 1 atom stereocenters. The van der Waals surface area contributed by atoms with E-state index in [1.165, 1.54) is 18.2 Å². The van der Waals surface area contributed by atoms with Crippen LogP contribution in [0.25, 0.3) is 0 Å². The highest BCUT2D eigenvalue weighted by Gasteiger charge is 2.17. The molecule has 0 saturated carbocycles. The lowest BCUT2D eigenvalue weighted by atomic mass is 10.1. The molecule has 1 fully saturated rings. The molecule has 5 heteroatoms. The first-order chi connectivity index (χ1) is 10.2. The molecule has 112 valence electrons. The van der Waals surface area contributed by atoms with Gasteiger partial charge in [0.15, 0.2) is 0 Å². The maximum atomic E-state index is 13.2. The van der Waals surface area contributed by atoms with Gasteiger partial charge in [0.1, 0.15) is 5.82 Å². The Morgan fingerprint density at radius 2 is 2.38 bits per heavy atom. The fourth-order valence-corrected chi connectivity index (χ4v) is 2.25. The second-order valence-corrected chi connectivity index (χ2v) is 4.92. The third kappa shape index (κ3) is 4.85. The topological polar surface area (TPSA) is 64.3 Å². The molecule has 3 N–H and O–H groups in total. The third-order valence-corrected chi connectivity index (χ3v) is 3.30. The van der Waals surface area contributed by atoms with Crippen molar-refractivity contribution in [1.29, 1.82) is 0 Å². The SMILES string of the molecule is NCC#Cc1cc(F)ccc1NC(=O)CCC1CCCO1. The van der Waals surface area contributed by atoms with Crippen LogP contribution in [0.5, 0.6) is 0 Å². The average molecular weight is 290 g/mol. The smallest absolute Gasteiger partial charge is 0.224 e. The van der Waals surface area contributed by atoms with Gasteiger partial charge in [0.05, 0.1) is 23.9 Å². The van der Waals surface area contributed by atoms with Crippen LogP contribution in [0.1, 0.15) is 31.2 Å². The van der Waals surface area contributed by atoms with E-state index >= 15 is 0 Å². The highest BCUT2D eigenvalue weighted by atomic mass is 19.1. The van der Waals surface area contributed by atoms with E-state index in [2.05, 4.69) is 17.2 Å². The lowest BCUT2D eigenvalue weighted by Gasteiger charge is -2.10. The monoisotopic (exact) mass is 290 g/mol. The van der Waals surface area contributed by atoms with Crippen LogP contribution in [0.15, 0.2) is 18.2 Å². The predicted octanol–water partition coefficient (Wildman–Crippen LogP) is 2.03. The highest BCUT2D eigenvalue weighted by Crippen LogP contribution is 2.19. The van der Waals surface area contributed by atoms with Crippen molar-refractivity contribution in [2.75, 3.05) is 18.5 Å². The standard InChI is InChI=1S/C16H19FN2O2/c17-13-5-7-15(12(11-13)3-1-9-18)19-16(20)8-6-14-4-2-10-21-14/h5,7,11,14H,2,4,6,8-10,18H2,(H,19,20). The van der Waals surface area contributed by atoms with Crippen LogP contribution in [0.3, 0.4) is 0 Å². The van der Waals surface area contributed by atoms with Gasteiger partial charge in [0, 0.05) is 13.0 Å². The molecule has 1 aliphatic rings. The van der Waals surface area contributed by atoms with Gasteiger partial charge >= 0.3 is 0 Å². The molecule has 0 aliphatic carbocycles. The number of hydrogen-bond donors (Lipinski definition) is 2. The van der Waals surface area contributed by atoms with Crippen molar-refractivity contribution < 1.29 is 13.9 Å². The van der Waals surface area contributed by atoms with Gasteiger partial charge in [-0.3, -0.25) is 4.79 Å². The summed E-state index contributed by atoms with van der Waals surface area (Å²) in [6, 6.07) is 4.10. The largest absolute Gasteiger partial charge is 0.378 e. The van der Waals surface area contributed by atoms with E-state index in [4.69, 9.17) is 10.5 Å². The van der Waals surface area contributed by atoms with E-state index in [1.807, 2.05) is 0 Å². The molecule has 1 aliphatic heterocycles. The number of carbonyl (C=O) groups is 1. The van der Waals surface area contributed by atoms with Gasteiger partial charge < -0.3 is 15.8 Å². The van der Waals surface area contributed by atoms with Crippen LogP contribution >= 0.6 is 0 Å². The van der Waals surface area contributed by atoms with Crippen molar-refractivity contribution in [2.45, 2.75) is 31.8 Å². The second kappa shape index (κ2) is 7.77. The summed E-state index contributed by atoms with van der Waals surface area (Å²) in [7, 11) is 0. The fourth-order valence-electron chi connectivity index (χ4n) is 2.25. The zero-order valence-corrected chi connectivity index (χ0v) is 11.8. The predicted molar refractivity (Wildman–Crippen MR) is 79.2 cm³/mol. The molecule has 0 spiro atoms. The van der Waals surface area contributed by atoms with Crippen LogP contribution in [-0.2, 0) is 9.53 Å². The molecule has 1 aromatic rings. The minimum atomic E-state index is -0.395. The molecule has 1 unspecified atom stereocenters. The Hall–Kier alpha value is -1.90. The maximum absolute atomic E-state index is 13.2. The molecule has 21 heavy (non-hydrogen) atoms. The summed E-state index contributed by atoms with van der Waals surface area (Å²) < 4.78 is 18.7. The van der Waals surface area contributed by atoms with E-state index in [0.717, 1.165) is 19.4 Å². The van der Waals surface area contributed by atoms with Gasteiger partial charge in [-0.05, 0) is 37.5 Å². The van der Waals surface area contributed by atoms with Crippen molar-refractivity contribution in [3.63, 3.8) is 0 Å². The van der Waals surface area contributed by atoms with Crippen LogP contribution in [0.2, 0.25) is 0 Å². The van der Waals surface area contributed by atoms with E-state index in [-0.39, 0.29) is 18.6 Å². The zero-order valence-electron chi connectivity index (χ0n) is 11.8. The Labute approximate surface area is 123 Å². The molecule has 1 aromatic carbocycles. The molecule has 1 saturated heterocycles. The van der Waals surface area contributed by atoms with Gasteiger partial charge in [-0.15, -0.1) is 0 Å². The number of nitrogens with two attached hydrogens (primary N) is 1. The van der Waals surface area contributed by atoms with Gasteiger partial charge in [-0.25, -0.2) is 4.39 Å². The summed E-state index contributed by atoms with van der Waals surface area (Å²) in [6.07, 6.45) is 3.34. The van der Waals surface area contributed by atoms with Crippen LogP contribution in [0, 0.1) is 17.7 Å². The fraction of sp³-hybridized carbons (Fsp3) is 0.438. The Morgan fingerprint density at radius 1 is 1.52 bits per heavy atom. The number of anilines is 1. The van der Waals surface area contributed by atoms with Crippen LogP contribution < -0.4 is 11.1 Å². The summed E-state index contributed by atoms with van der Waals surface area (Å²) in [5.41, 5.74) is 6.26. The molecule has 1 amide bonds. The highest BCUT2D eigenvalue weighted by molar-refractivity contribution is 5.92. The van der Waals surface area contributed by atoms with Gasteiger partial charge in [-0.2, -0.15) is 0 Å². The normalized spacial score (nSPS) is 17.1. The molecule has 4 nitrogen and oxygen atoms in total. The molecular formula is C16H19FN2O2. The van der Waals surface area contributed by atoms with E-state index < -0.39 is 5.82 Å². The van der Waals surface area contributed by atoms with Crippen molar-refractivity contribution >= 4 is 11.6 Å². The van der Waals surface area contributed by atoms with Crippen LogP contribution in [-0.4, -0.2) is 25.2 Å².